The molecule has 0 aliphatic carbocycles. The second kappa shape index (κ2) is 7.17. The van der Waals surface area contributed by atoms with Crippen molar-refractivity contribution in [3.8, 4) is 0 Å². The molecule has 0 spiro atoms. The highest BCUT2D eigenvalue weighted by atomic mass is 16.4. The van der Waals surface area contributed by atoms with Crippen molar-refractivity contribution in [1.29, 1.82) is 0 Å². The van der Waals surface area contributed by atoms with Gasteiger partial charge in [-0.05, 0) is 39.3 Å². The fourth-order valence-electron chi connectivity index (χ4n) is 1.88. The molecule has 0 atom stereocenters. The Labute approximate surface area is 109 Å². The lowest BCUT2D eigenvalue weighted by Crippen LogP contribution is -2.31. The van der Waals surface area contributed by atoms with Crippen LogP contribution in [0.1, 0.15) is 37.8 Å². The molecule has 0 aliphatic heterocycles. The molecule has 0 saturated carbocycles. The van der Waals surface area contributed by atoms with E-state index in [-0.39, 0.29) is 6.42 Å². The molecule has 1 N–H and O–H groups in total. The van der Waals surface area contributed by atoms with Crippen LogP contribution in [0.25, 0.3) is 0 Å². The number of benzene rings is 1. The Morgan fingerprint density at radius 2 is 1.89 bits per heavy atom. The minimum atomic E-state index is -0.714. The maximum absolute atomic E-state index is 10.5. The number of carboxylic acids is 1. The first-order chi connectivity index (χ1) is 8.49. The van der Waals surface area contributed by atoms with Crippen LogP contribution < -0.4 is 0 Å². The molecule has 0 fully saturated rings. The van der Waals surface area contributed by atoms with Crippen LogP contribution in [0, 0.1) is 6.92 Å². The predicted molar refractivity (Wildman–Crippen MR) is 73.6 cm³/mol. The van der Waals surface area contributed by atoms with Gasteiger partial charge in [-0.2, -0.15) is 0 Å². The molecule has 1 rings (SSSR count). The zero-order chi connectivity index (χ0) is 13.5. The second-order valence-electron chi connectivity index (χ2n) is 5.05. The smallest absolute Gasteiger partial charge is 0.303 e. The number of hydrogen-bond donors (Lipinski definition) is 1. The Morgan fingerprint density at radius 3 is 2.39 bits per heavy atom. The summed E-state index contributed by atoms with van der Waals surface area (Å²) in [5.74, 6) is -0.714. The quantitative estimate of drug-likeness (QED) is 0.807. The molecule has 0 unspecified atom stereocenters. The Kier molecular flexibility index (Phi) is 5.86. The fraction of sp³-hybridized carbons (Fsp3) is 0.533. The van der Waals surface area contributed by atoms with Crippen LogP contribution >= 0.6 is 0 Å². The maximum Gasteiger partial charge on any atom is 0.303 e. The third kappa shape index (κ3) is 5.32. The lowest BCUT2D eigenvalue weighted by molar-refractivity contribution is -0.137. The highest BCUT2D eigenvalue weighted by Crippen LogP contribution is 2.10. The van der Waals surface area contributed by atoms with E-state index in [1.165, 1.54) is 11.1 Å². The lowest BCUT2D eigenvalue weighted by Gasteiger charge is -2.26. The van der Waals surface area contributed by atoms with Crippen LogP contribution in [0.3, 0.4) is 0 Å². The van der Waals surface area contributed by atoms with E-state index in [2.05, 4.69) is 49.9 Å². The van der Waals surface area contributed by atoms with E-state index in [0.29, 0.717) is 12.5 Å². The summed E-state index contributed by atoms with van der Waals surface area (Å²) >= 11 is 0. The second-order valence-corrected chi connectivity index (χ2v) is 5.05. The highest BCUT2D eigenvalue weighted by molar-refractivity contribution is 5.66. The fourth-order valence-corrected chi connectivity index (χ4v) is 1.88. The average Bonchev–Trinajstić information content (AvgIpc) is 2.30. The van der Waals surface area contributed by atoms with Gasteiger partial charge in [0.25, 0.3) is 0 Å². The third-order valence-electron chi connectivity index (χ3n) is 3.07. The molecular formula is C15H23NO2. The van der Waals surface area contributed by atoms with Crippen LogP contribution in [0.15, 0.2) is 24.3 Å². The standard InChI is InChI=1S/C15H23NO2/c1-12(2)16(10-4-5-15(17)18)11-14-8-6-13(3)7-9-14/h6-9,12H,4-5,10-11H2,1-3H3,(H,17,18). The summed E-state index contributed by atoms with van der Waals surface area (Å²) in [7, 11) is 0. The average molecular weight is 249 g/mol. The Morgan fingerprint density at radius 1 is 1.28 bits per heavy atom. The van der Waals surface area contributed by atoms with Gasteiger partial charge in [0, 0.05) is 19.0 Å². The van der Waals surface area contributed by atoms with Crippen LogP contribution in [-0.4, -0.2) is 28.6 Å². The predicted octanol–water partition coefficient (Wildman–Crippen LogP) is 3.07. The lowest BCUT2D eigenvalue weighted by atomic mass is 10.1. The van der Waals surface area contributed by atoms with Gasteiger partial charge in [-0.25, -0.2) is 0 Å². The van der Waals surface area contributed by atoms with Gasteiger partial charge < -0.3 is 5.11 Å². The van der Waals surface area contributed by atoms with Crippen molar-refractivity contribution in [2.45, 2.75) is 46.2 Å². The monoisotopic (exact) mass is 249 g/mol. The SMILES string of the molecule is Cc1ccc(CN(CCCC(=O)O)C(C)C)cc1. The minimum Gasteiger partial charge on any atom is -0.481 e. The maximum atomic E-state index is 10.5. The number of aryl methyl sites for hydroxylation is 1. The molecule has 0 heterocycles. The van der Waals surface area contributed by atoms with E-state index in [4.69, 9.17) is 5.11 Å². The van der Waals surface area contributed by atoms with Crippen molar-refractivity contribution in [3.05, 3.63) is 35.4 Å². The molecule has 0 bridgehead atoms. The molecule has 0 aliphatic rings. The van der Waals surface area contributed by atoms with Crippen LogP contribution in [-0.2, 0) is 11.3 Å². The van der Waals surface area contributed by atoms with Crippen LogP contribution in [0.4, 0.5) is 0 Å². The molecule has 3 heteroatoms. The molecule has 0 radical (unpaired) electrons. The normalized spacial score (nSPS) is 11.2. The van der Waals surface area contributed by atoms with Crippen molar-refractivity contribution in [3.63, 3.8) is 0 Å². The number of carbonyl (C=O) groups is 1. The van der Waals surface area contributed by atoms with Crippen molar-refractivity contribution in [1.82, 2.24) is 4.90 Å². The highest BCUT2D eigenvalue weighted by Gasteiger charge is 2.10. The van der Waals surface area contributed by atoms with Gasteiger partial charge in [-0.15, -0.1) is 0 Å². The number of hydrogen-bond acceptors (Lipinski definition) is 2. The van der Waals surface area contributed by atoms with Crippen molar-refractivity contribution in [2.75, 3.05) is 6.54 Å². The Hall–Kier alpha value is -1.35. The van der Waals surface area contributed by atoms with Crippen LogP contribution in [0.2, 0.25) is 0 Å². The van der Waals surface area contributed by atoms with Gasteiger partial charge >= 0.3 is 5.97 Å². The summed E-state index contributed by atoms with van der Waals surface area (Å²) in [6, 6.07) is 8.94. The van der Waals surface area contributed by atoms with Gasteiger partial charge in [0.2, 0.25) is 0 Å². The van der Waals surface area contributed by atoms with Crippen LogP contribution in [0.5, 0.6) is 0 Å². The van der Waals surface area contributed by atoms with Gasteiger partial charge in [-0.1, -0.05) is 29.8 Å². The van der Waals surface area contributed by atoms with Crippen molar-refractivity contribution < 1.29 is 9.90 Å². The van der Waals surface area contributed by atoms with E-state index >= 15 is 0 Å². The minimum absolute atomic E-state index is 0.247. The number of aliphatic carboxylic acids is 1. The van der Waals surface area contributed by atoms with E-state index in [9.17, 15) is 4.79 Å². The molecule has 1 aromatic carbocycles. The van der Waals surface area contributed by atoms with E-state index in [1.54, 1.807) is 0 Å². The van der Waals surface area contributed by atoms with Gasteiger partial charge in [-0.3, -0.25) is 9.69 Å². The Bertz CT molecular complexity index is 371. The first-order valence-electron chi connectivity index (χ1n) is 6.50. The summed E-state index contributed by atoms with van der Waals surface area (Å²) in [4.78, 5) is 12.8. The third-order valence-corrected chi connectivity index (χ3v) is 3.07. The first kappa shape index (κ1) is 14.7. The summed E-state index contributed by atoms with van der Waals surface area (Å²) in [6.07, 6.45) is 0.955. The number of carboxylic acid groups (broad SMARTS) is 1. The first-order valence-corrected chi connectivity index (χ1v) is 6.50. The molecule has 0 saturated heterocycles. The summed E-state index contributed by atoms with van der Waals surface area (Å²) in [5, 5.41) is 8.67. The van der Waals surface area contributed by atoms with E-state index < -0.39 is 5.97 Å². The molecule has 18 heavy (non-hydrogen) atoms. The number of nitrogens with zero attached hydrogens (tertiary/aromatic N) is 1. The van der Waals surface area contributed by atoms with E-state index in [0.717, 1.165) is 13.1 Å². The van der Waals surface area contributed by atoms with Crippen molar-refractivity contribution in [2.24, 2.45) is 0 Å². The zero-order valence-electron chi connectivity index (χ0n) is 11.5. The van der Waals surface area contributed by atoms with Gasteiger partial charge in [0.15, 0.2) is 0 Å². The van der Waals surface area contributed by atoms with Gasteiger partial charge in [0.1, 0.15) is 0 Å². The molecule has 0 aromatic heterocycles. The largest absolute Gasteiger partial charge is 0.481 e. The van der Waals surface area contributed by atoms with Crippen molar-refractivity contribution >= 4 is 5.97 Å². The summed E-state index contributed by atoms with van der Waals surface area (Å²) < 4.78 is 0. The topological polar surface area (TPSA) is 40.5 Å². The molecule has 0 amide bonds. The summed E-state index contributed by atoms with van der Waals surface area (Å²) in [6.45, 7) is 8.09. The molecular weight excluding hydrogens is 226 g/mol. The number of rotatable bonds is 7. The van der Waals surface area contributed by atoms with Gasteiger partial charge in [0.05, 0.1) is 0 Å². The molecule has 100 valence electrons. The molecule has 1 aromatic rings. The zero-order valence-corrected chi connectivity index (χ0v) is 11.5. The summed E-state index contributed by atoms with van der Waals surface area (Å²) in [5.41, 5.74) is 2.55. The molecule has 3 nitrogen and oxygen atoms in total. The Balaban J connectivity index is 2.52. The van der Waals surface area contributed by atoms with E-state index in [1.807, 2.05) is 0 Å².